The third kappa shape index (κ3) is 6.57. The summed E-state index contributed by atoms with van der Waals surface area (Å²) >= 11 is 0. The van der Waals surface area contributed by atoms with E-state index in [1.165, 1.54) is 5.56 Å². The van der Waals surface area contributed by atoms with Crippen molar-refractivity contribution in [3.63, 3.8) is 0 Å². The largest absolute Gasteiger partial charge is 0.385 e. The van der Waals surface area contributed by atoms with Crippen LogP contribution in [-0.4, -0.2) is 26.2 Å². The molecule has 0 aliphatic rings. The predicted octanol–water partition coefficient (Wildman–Crippen LogP) is 3.35. The summed E-state index contributed by atoms with van der Waals surface area (Å²) in [6, 6.07) is 8.28. The maximum atomic E-state index is 5.89. The summed E-state index contributed by atoms with van der Waals surface area (Å²) in [5.74, 6) is 0.994. The lowest BCUT2D eigenvalue weighted by Gasteiger charge is -2.10. The van der Waals surface area contributed by atoms with E-state index in [9.17, 15) is 0 Å². The summed E-state index contributed by atoms with van der Waals surface area (Å²) in [6.45, 7) is 5.93. The van der Waals surface area contributed by atoms with Crippen LogP contribution in [0.4, 0.5) is 5.69 Å². The lowest BCUT2D eigenvalue weighted by Crippen LogP contribution is -2.22. The summed E-state index contributed by atoms with van der Waals surface area (Å²) < 4.78 is 5.01. The molecule has 0 radical (unpaired) electrons. The van der Waals surface area contributed by atoms with E-state index in [-0.39, 0.29) is 0 Å². The molecule has 3 N–H and O–H groups in total. The van der Waals surface area contributed by atoms with Gasteiger partial charge in [-0.15, -0.1) is 0 Å². The molecule has 4 nitrogen and oxygen atoms in total. The van der Waals surface area contributed by atoms with E-state index in [1.807, 2.05) is 12.1 Å². The topological polar surface area (TPSA) is 59.6 Å². The Labute approximate surface area is 122 Å². The molecular weight excluding hydrogens is 250 g/mol. The number of guanidine groups is 1. The fourth-order valence-electron chi connectivity index (χ4n) is 1.90. The molecule has 112 valence electrons. The summed E-state index contributed by atoms with van der Waals surface area (Å²) in [7, 11) is 1.73. The lowest BCUT2D eigenvalue weighted by molar-refractivity contribution is 0.192. The molecule has 1 rings (SSSR count). The number of methoxy groups -OCH3 is 1. The van der Waals surface area contributed by atoms with Gasteiger partial charge in [0, 0.05) is 25.9 Å². The van der Waals surface area contributed by atoms with Crippen LogP contribution >= 0.6 is 0 Å². The quantitative estimate of drug-likeness (QED) is 0.435. The van der Waals surface area contributed by atoms with Crippen molar-refractivity contribution in [2.45, 2.75) is 39.0 Å². The van der Waals surface area contributed by atoms with Gasteiger partial charge in [0.15, 0.2) is 5.96 Å². The molecule has 0 saturated heterocycles. The Kier molecular flexibility index (Phi) is 7.73. The maximum absolute atomic E-state index is 5.89. The van der Waals surface area contributed by atoms with Crippen LogP contribution in [0.3, 0.4) is 0 Å². The molecule has 0 aliphatic heterocycles. The van der Waals surface area contributed by atoms with Crippen LogP contribution < -0.4 is 11.1 Å². The Morgan fingerprint density at radius 1 is 1.30 bits per heavy atom. The number of hydrogen-bond donors (Lipinski definition) is 2. The van der Waals surface area contributed by atoms with Gasteiger partial charge in [0.25, 0.3) is 0 Å². The molecule has 0 aromatic heterocycles. The van der Waals surface area contributed by atoms with Crippen molar-refractivity contribution in [3.05, 3.63) is 29.8 Å². The SMILES string of the molecule is COCCCCCN=C(N)Nc1cccc(C(C)C)c1. The highest BCUT2D eigenvalue weighted by Crippen LogP contribution is 2.18. The molecule has 0 fully saturated rings. The van der Waals surface area contributed by atoms with Crippen molar-refractivity contribution in [1.82, 2.24) is 0 Å². The molecule has 1 aromatic carbocycles. The van der Waals surface area contributed by atoms with Gasteiger partial charge >= 0.3 is 0 Å². The van der Waals surface area contributed by atoms with E-state index in [1.54, 1.807) is 7.11 Å². The van der Waals surface area contributed by atoms with Gasteiger partial charge in [-0.1, -0.05) is 26.0 Å². The van der Waals surface area contributed by atoms with Crippen LogP contribution in [-0.2, 0) is 4.74 Å². The predicted molar refractivity (Wildman–Crippen MR) is 86.4 cm³/mol. The molecule has 0 unspecified atom stereocenters. The number of nitrogens with two attached hydrogens (primary N) is 1. The molecule has 0 aliphatic carbocycles. The van der Waals surface area contributed by atoms with E-state index < -0.39 is 0 Å². The maximum Gasteiger partial charge on any atom is 0.193 e. The van der Waals surface area contributed by atoms with Crippen molar-refractivity contribution >= 4 is 11.6 Å². The first-order chi connectivity index (χ1) is 9.63. The Balaban J connectivity index is 2.37. The van der Waals surface area contributed by atoms with Gasteiger partial charge in [-0.25, -0.2) is 0 Å². The van der Waals surface area contributed by atoms with E-state index in [0.29, 0.717) is 11.9 Å². The number of anilines is 1. The lowest BCUT2D eigenvalue weighted by atomic mass is 10.0. The summed E-state index contributed by atoms with van der Waals surface area (Å²) in [4.78, 5) is 4.33. The zero-order chi connectivity index (χ0) is 14.8. The van der Waals surface area contributed by atoms with Crippen LogP contribution in [0.25, 0.3) is 0 Å². The average Bonchev–Trinajstić information content (AvgIpc) is 2.43. The first-order valence-corrected chi connectivity index (χ1v) is 7.29. The third-order valence-electron chi connectivity index (χ3n) is 3.11. The first-order valence-electron chi connectivity index (χ1n) is 7.29. The fraction of sp³-hybridized carbons (Fsp3) is 0.562. The molecular formula is C16H27N3O. The van der Waals surface area contributed by atoms with Crippen molar-refractivity contribution in [1.29, 1.82) is 0 Å². The summed E-state index contributed by atoms with van der Waals surface area (Å²) in [6.07, 6.45) is 3.24. The minimum Gasteiger partial charge on any atom is -0.385 e. The molecule has 0 spiro atoms. The molecule has 0 amide bonds. The van der Waals surface area contributed by atoms with Gasteiger partial charge in [0.05, 0.1) is 0 Å². The van der Waals surface area contributed by atoms with Crippen LogP contribution in [0, 0.1) is 0 Å². The Hall–Kier alpha value is -1.55. The second-order valence-electron chi connectivity index (χ2n) is 5.23. The smallest absolute Gasteiger partial charge is 0.193 e. The number of benzene rings is 1. The van der Waals surface area contributed by atoms with Crippen LogP contribution in [0.1, 0.15) is 44.6 Å². The molecule has 1 aromatic rings. The van der Waals surface area contributed by atoms with E-state index in [0.717, 1.165) is 38.1 Å². The summed E-state index contributed by atoms with van der Waals surface area (Å²) in [5.41, 5.74) is 8.18. The van der Waals surface area contributed by atoms with Crippen LogP contribution in [0.15, 0.2) is 29.3 Å². The van der Waals surface area contributed by atoms with Gasteiger partial charge in [-0.3, -0.25) is 4.99 Å². The Bertz CT molecular complexity index is 416. The van der Waals surface area contributed by atoms with Crippen molar-refractivity contribution in [2.75, 3.05) is 25.6 Å². The minimum atomic E-state index is 0.484. The standard InChI is InChI=1S/C16H27N3O/c1-13(2)14-8-7-9-15(12-14)19-16(17)18-10-5-4-6-11-20-3/h7-9,12-13H,4-6,10-11H2,1-3H3,(H3,17,18,19). The van der Waals surface area contributed by atoms with Gasteiger partial charge in [0.1, 0.15) is 0 Å². The number of hydrogen-bond acceptors (Lipinski definition) is 2. The van der Waals surface area contributed by atoms with E-state index in [2.05, 4.69) is 36.3 Å². The highest BCUT2D eigenvalue weighted by atomic mass is 16.5. The number of nitrogens with zero attached hydrogens (tertiary/aromatic N) is 1. The highest BCUT2D eigenvalue weighted by Gasteiger charge is 2.01. The van der Waals surface area contributed by atoms with Gasteiger partial charge in [-0.2, -0.15) is 0 Å². The van der Waals surface area contributed by atoms with Crippen molar-refractivity contribution in [2.24, 2.45) is 10.7 Å². The Morgan fingerprint density at radius 3 is 2.80 bits per heavy atom. The van der Waals surface area contributed by atoms with E-state index >= 15 is 0 Å². The normalized spacial score (nSPS) is 11.9. The van der Waals surface area contributed by atoms with Crippen molar-refractivity contribution < 1.29 is 4.74 Å². The first kappa shape index (κ1) is 16.5. The number of ether oxygens (including phenoxy) is 1. The molecule has 4 heteroatoms. The zero-order valence-electron chi connectivity index (χ0n) is 12.9. The zero-order valence-corrected chi connectivity index (χ0v) is 12.9. The van der Waals surface area contributed by atoms with Gasteiger partial charge in [0.2, 0.25) is 0 Å². The van der Waals surface area contributed by atoms with Gasteiger partial charge in [-0.05, 0) is 42.9 Å². The highest BCUT2D eigenvalue weighted by molar-refractivity contribution is 5.92. The third-order valence-corrected chi connectivity index (χ3v) is 3.11. The minimum absolute atomic E-state index is 0.484. The molecule has 0 saturated carbocycles. The second-order valence-corrected chi connectivity index (χ2v) is 5.23. The number of rotatable bonds is 8. The second kappa shape index (κ2) is 9.37. The molecule has 0 heterocycles. The van der Waals surface area contributed by atoms with Crippen molar-refractivity contribution in [3.8, 4) is 0 Å². The van der Waals surface area contributed by atoms with Gasteiger partial charge < -0.3 is 15.8 Å². The average molecular weight is 277 g/mol. The van der Waals surface area contributed by atoms with Crippen LogP contribution in [0.2, 0.25) is 0 Å². The molecule has 0 bridgehead atoms. The monoisotopic (exact) mass is 277 g/mol. The Morgan fingerprint density at radius 2 is 2.10 bits per heavy atom. The van der Waals surface area contributed by atoms with E-state index in [4.69, 9.17) is 10.5 Å². The number of aliphatic imine (C=N–C) groups is 1. The fourth-order valence-corrected chi connectivity index (χ4v) is 1.90. The molecule has 20 heavy (non-hydrogen) atoms. The number of nitrogens with one attached hydrogen (secondary N) is 1. The molecule has 0 atom stereocenters. The number of unbranched alkanes of at least 4 members (excludes halogenated alkanes) is 2. The van der Waals surface area contributed by atoms with Crippen LogP contribution in [0.5, 0.6) is 0 Å². The summed E-state index contributed by atoms with van der Waals surface area (Å²) in [5, 5.41) is 3.14.